The number of rotatable bonds is 3. The van der Waals surface area contributed by atoms with Gasteiger partial charge < -0.3 is 5.32 Å². The van der Waals surface area contributed by atoms with Crippen molar-refractivity contribution in [2.24, 2.45) is 0 Å². The van der Waals surface area contributed by atoms with Gasteiger partial charge in [-0.3, -0.25) is 0 Å². The van der Waals surface area contributed by atoms with Crippen LogP contribution in [0.15, 0.2) is 16.6 Å². The van der Waals surface area contributed by atoms with E-state index in [4.69, 9.17) is 0 Å². The second-order valence-corrected chi connectivity index (χ2v) is 5.34. The van der Waals surface area contributed by atoms with Crippen LogP contribution in [0, 0.1) is 5.82 Å². The van der Waals surface area contributed by atoms with Crippen molar-refractivity contribution in [1.29, 1.82) is 0 Å². The topological polar surface area (TPSA) is 12.0 Å². The minimum atomic E-state index is -0.0633. The Labute approximate surface area is 105 Å². The van der Waals surface area contributed by atoms with Gasteiger partial charge >= 0.3 is 0 Å². The van der Waals surface area contributed by atoms with Crippen LogP contribution in [0.25, 0.3) is 0 Å². The summed E-state index contributed by atoms with van der Waals surface area (Å²) in [4.78, 5) is 0. The molecular weight excluding hydrogens is 269 g/mol. The summed E-state index contributed by atoms with van der Waals surface area (Å²) in [7, 11) is 0. The minimum Gasteiger partial charge on any atom is -0.307 e. The Bertz CT molecular complexity index is 392. The molecule has 2 unspecified atom stereocenters. The molecule has 16 heavy (non-hydrogen) atoms. The summed E-state index contributed by atoms with van der Waals surface area (Å²) in [5.74, 6) is -0.0633. The Hall–Kier alpha value is -0.410. The van der Waals surface area contributed by atoms with Gasteiger partial charge in [-0.15, -0.1) is 0 Å². The molecule has 0 saturated carbocycles. The molecule has 0 fully saturated rings. The molecule has 0 aromatic heterocycles. The smallest absolute Gasteiger partial charge is 0.126 e. The molecule has 0 bridgehead atoms. The summed E-state index contributed by atoms with van der Waals surface area (Å²) in [6.07, 6.45) is 2.94. The van der Waals surface area contributed by atoms with Crippen LogP contribution in [0.5, 0.6) is 0 Å². The molecule has 0 amide bonds. The standard InChI is InChI=1S/C13H17BrFN/c1-3-8(2)16-12-7-4-9-11(15)6-5-10(14)13(9)12/h5-6,8,12,16H,3-4,7H2,1-2H3. The summed E-state index contributed by atoms with van der Waals surface area (Å²) in [5, 5.41) is 3.56. The summed E-state index contributed by atoms with van der Waals surface area (Å²) < 4.78 is 14.6. The van der Waals surface area contributed by atoms with Gasteiger partial charge in [-0.05, 0) is 49.4 Å². The van der Waals surface area contributed by atoms with E-state index in [0.29, 0.717) is 12.1 Å². The minimum absolute atomic E-state index is 0.0633. The van der Waals surface area contributed by atoms with Crippen molar-refractivity contribution in [2.75, 3.05) is 0 Å². The van der Waals surface area contributed by atoms with Crippen molar-refractivity contribution in [2.45, 2.75) is 45.2 Å². The molecular formula is C13H17BrFN. The Morgan fingerprint density at radius 3 is 3.00 bits per heavy atom. The summed E-state index contributed by atoms with van der Waals surface area (Å²) in [6, 6.07) is 4.14. The molecule has 0 radical (unpaired) electrons. The fraction of sp³-hybridized carbons (Fsp3) is 0.538. The predicted octanol–water partition coefficient (Wildman–Crippen LogP) is 3.96. The Morgan fingerprint density at radius 1 is 1.56 bits per heavy atom. The third kappa shape index (κ3) is 2.16. The highest BCUT2D eigenvalue weighted by atomic mass is 79.9. The number of halogens is 2. The Morgan fingerprint density at radius 2 is 2.31 bits per heavy atom. The number of benzene rings is 1. The van der Waals surface area contributed by atoms with Crippen LogP contribution in [-0.4, -0.2) is 6.04 Å². The summed E-state index contributed by atoms with van der Waals surface area (Å²) >= 11 is 3.53. The van der Waals surface area contributed by atoms with Crippen molar-refractivity contribution in [1.82, 2.24) is 5.32 Å². The van der Waals surface area contributed by atoms with Gasteiger partial charge in [0, 0.05) is 16.6 Å². The molecule has 0 saturated heterocycles. The quantitative estimate of drug-likeness (QED) is 0.886. The fourth-order valence-electron chi connectivity index (χ4n) is 2.30. The number of fused-ring (bicyclic) bond motifs is 1. The molecule has 1 aromatic rings. The van der Waals surface area contributed by atoms with E-state index < -0.39 is 0 Å². The van der Waals surface area contributed by atoms with E-state index in [2.05, 4.69) is 35.1 Å². The molecule has 0 aliphatic heterocycles. The molecule has 2 rings (SSSR count). The van der Waals surface area contributed by atoms with Crippen molar-refractivity contribution in [3.63, 3.8) is 0 Å². The fourth-order valence-corrected chi connectivity index (χ4v) is 2.95. The number of hydrogen-bond donors (Lipinski definition) is 1. The highest BCUT2D eigenvalue weighted by Gasteiger charge is 2.27. The first-order chi connectivity index (χ1) is 7.63. The summed E-state index contributed by atoms with van der Waals surface area (Å²) in [6.45, 7) is 4.33. The first-order valence-electron chi connectivity index (χ1n) is 5.86. The van der Waals surface area contributed by atoms with Crippen molar-refractivity contribution in [3.05, 3.63) is 33.5 Å². The molecule has 0 heterocycles. The maximum absolute atomic E-state index is 13.6. The molecule has 1 aliphatic carbocycles. The molecule has 1 N–H and O–H groups in total. The van der Waals surface area contributed by atoms with Crippen LogP contribution in [0.4, 0.5) is 4.39 Å². The van der Waals surface area contributed by atoms with E-state index in [1.807, 2.05) is 6.07 Å². The van der Waals surface area contributed by atoms with E-state index in [0.717, 1.165) is 34.9 Å². The predicted molar refractivity (Wildman–Crippen MR) is 68.1 cm³/mol. The number of hydrogen-bond acceptors (Lipinski definition) is 1. The van der Waals surface area contributed by atoms with Gasteiger partial charge in [-0.2, -0.15) is 0 Å². The van der Waals surface area contributed by atoms with Crippen LogP contribution in [-0.2, 0) is 6.42 Å². The maximum atomic E-state index is 13.6. The molecule has 1 aromatic carbocycles. The van der Waals surface area contributed by atoms with Gasteiger partial charge in [0.2, 0.25) is 0 Å². The van der Waals surface area contributed by atoms with Gasteiger partial charge in [0.25, 0.3) is 0 Å². The molecule has 88 valence electrons. The van der Waals surface area contributed by atoms with Crippen LogP contribution < -0.4 is 5.32 Å². The second-order valence-electron chi connectivity index (χ2n) is 4.49. The van der Waals surface area contributed by atoms with Crippen LogP contribution in [0.1, 0.15) is 43.9 Å². The van der Waals surface area contributed by atoms with Crippen molar-refractivity contribution >= 4 is 15.9 Å². The lowest BCUT2D eigenvalue weighted by molar-refractivity contribution is 0.444. The van der Waals surface area contributed by atoms with Gasteiger partial charge in [-0.1, -0.05) is 22.9 Å². The van der Waals surface area contributed by atoms with Crippen LogP contribution in [0.3, 0.4) is 0 Å². The summed E-state index contributed by atoms with van der Waals surface area (Å²) in [5.41, 5.74) is 2.01. The molecule has 1 nitrogen and oxygen atoms in total. The van der Waals surface area contributed by atoms with E-state index in [9.17, 15) is 4.39 Å². The zero-order valence-corrected chi connectivity index (χ0v) is 11.3. The lowest BCUT2D eigenvalue weighted by Crippen LogP contribution is -2.28. The Balaban J connectivity index is 2.28. The zero-order chi connectivity index (χ0) is 11.7. The zero-order valence-electron chi connectivity index (χ0n) is 9.69. The average molecular weight is 286 g/mol. The van der Waals surface area contributed by atoms with Crippen LogP contribution >= 0.6 is 15.9 Å². The first kappa shape index (κ1) is 12.1. The van der Waals surface area contributed by atoms with Gasteiger partial charge in [-0.25, -0.2) is 4.39 Å². The highest BCUT2D eigenvalue weighted by Crippen LogP contribution is 2.38. The lowest BCUT2D eigenvalue weighted by Gasteiger charge is -2.20. The first-order valence-corrected chi connectivity index (χ1v) is 6.65. The van der Waals surface area contributed by atoms with Gasteiger partial charge in [0.15, 0.2) is 0 Å². The van der Waals surface area contributed by atoms with Crippen molar-refractivity contribution in [3.8, 4) is 0 Å². The SMILES string of the molecule is CCC(C)NC1CCc2c(F)ccc(Br)c21. The third-order valence-electron chi connectivity index (χ3n) is 3.38. The van der Waals surface area contributed by atoms with Crippen LogP contribution in [0.2, 0.25) is 0 Å². The molecule has 0 spiro atoms. The van der Waals surface area contributed by atoms with Crippen molar-refractivity contribution < 1.29 is 4.39 Å². The average Bonchev–Trinajstić information content (AvgIpc) is 2.68. The molecule has 3 heteroatoms. The van der Waals surface area contributed by atoms with Gasteiger partial charge in [0.1, 0.15) is 5.82 Å². The maximum Gasteiger partial charge on any atom is 0.126 e. The molecule has 2 atom stereocenters. The second kappa shape index (κ2) is 4.84. The largest absolute Gasteiger partial charge is 0.307 e. The monoisotopic (exact) mass is 285 g/mol. The van der Waals surface area contributed by atoms with E-state index in [-0.39, 0.29) is 5.82 Å². The molecule has 1 aliphatic rings. The lowest BCUT2D eigenvalue weighted by atomic mass is 10.1. The highest BCUT2D eigenvalue weighted by molar-refractivity contribution is 9.10. The van der Waals surface area contributed by atoms with E-state index in [1.54, 1.807) is 6.07 Å². The van der Waals surface area contributed by atoms with E-state index >= 15 is 0 Å². The van der Waals surface area contributed by atoms with Gasteiger partial charge in [0.05, 0.1) is 0 Å². The third-order valence-corrected chi connectivity index (χ3v) is 4.07. The normalized spacial score (nSPS) is 20.9. The van der Waals surface area contributed by atoms with E-state index in [1.165, 1.54) is 0 Å². The number of nitrogens with one attached hydrogen (secondary N) is 1. The Kier molecular flexibility index (Phi) is 3.65.